The molecule has 1 saturated carbocycles. The summed E-state index contributed by atoms with van der Waals surface area (Å²) in [6.45, 7) is 2.16. The van der Waals surface area contributed by atoms with Gasteiger partial charge in [-0.05, 0) is 19.8 Å². The normalized spacial score (nSPS) is 14.8. The minimum Gasteiger partial charge on any atom is -0.466 e. The number of aromatic nitrogens is 2. The first-order valence-corrected chi connectivity index (χ1v) is 7.16. The fourth-order valence-corrected chi connectivity index (χ4v) is 3.11. The van der Waals surface area contributed by atoms with E-state index in [1.54, 1.807) is 11.3 Å². The molecule has 0 amide bonds. The van der Waals surface area contributed by atoms with Crippen LogP contribution in [-0.4, -0.2) is 28.2 Å². The minimum atomic E-state index is -0.248. The fourth-order valence-electron chi connectivity index (χ4n) is 2.14. The number of fused-ring (bicyclic) bond motifs is 1. The van der Waals surface area contributed by atoms with Gasteiger partial charge in [-0.2, -0.15) is 0 Å². The van der Waals surface area contributed by atoms with Gasteiger partial charge in [0.25, 0.3) is 0 Å². The lowest BCUT2D eigenvalue weighted by atomic mass is 10.2. The molecule has 5 nitrogen and oxygen atoms in total. The van der Waals surface area contributed by atoms with E-state index < -0.39 is 0 Å². The van der Waals surface area contributed by atoms with Crippen molar-refractivity contribution in [3.63, 3.8) is 0 Å². The summed E-state index contributed by atoms with van der Waals surface area (Å²) < 4.78 is 6.71. The third-order valence-electron chi connectivity index (χ3n) is 3.14. The second kappa shape index (κ2) is 4.77. The highest BCUT2D eigenvalue weighted by atomic mass is 32.1. The molecule has 0 radical (unpaired) electrons. The maximum Gasteiger partial charge on any atom is 0.311 e. The standard InChI is InChI=1S/C13H14N2O3S/c1-2-18-11(17)5-9-6-15-10(7-16)12(8-3-4-8)14-13(15)19-9/h6-8H,2-5H2,1H3. The Balaban J connectivity index is 1.91. The predicted molar refractivity (Wildman–Crippen MR) is 70.8 cm³/mol. The zero-order valence-corrected chi connectivity index (χ0v) is 11.4. The molecule has 2 aromatic heterocycles. The van der Waals surface area contributed by atoms with Crippen LogP contribution in [0.5, 0.6) is 0 Å². The monoisotopic (exact) mass is 278 g/mol. The van der Waals surface area contributed by atoms with Gasteiger partial charge < -0.3 is 4.74 Å². The van der Waals surface area contributed by atoms with Crippen molar-refractivity contribution in [3.05, 3.63) is 22.5 Å². The molecule has 0 aliphatic heterocycles. The van der Waals surface area contributed by atoms with Crippen LogP contribution in [0.1, 0.15) is 46.7 Å². The molecule has 1 aliphatic rings. The molecule has 6 heteroatoms. The highest BCUT2D eigenvalue weighted by Gasteiger charge is 2.30. The summed E-state index contributed by atoms with van der Waals surface area (Å²) in [5.74, 6) is 0.197. The molecule has 0 spiro atoms. The summed E-state index contributed by atoms with van der Waals surface area (Å²) in [6, 6.07) is 0. The van der Waals surface area contributed by atoms with Crippen molar-refractivity contribution in [1.29, 1.82) is 0 Å². The van der Waals surface area contributed by atoms with Gasteiger partial charge in [0.15, 0.2) is 11.2 Å². The molecule has 0 unspecified atom stereocenters. The lowest BCUT2D eigenvalue weighted by molar-refractivity contribution is -0.142. The number of imidazole rings is 1. The quantitative estimate of drug-likeness (QED) is 0.621. The van der Waals surface area contributed by atoms with Gasteiger partial charge in [0.2, 0.25) is 0 Å². The van der Waals surface area contributed by atoms with Crippen LogP contribution in [0, 0.1) is 0 Å². The van der Waals surface area contributed by atoms with E-state index in [1.807, 2.05) is 6.20 Å². The molecule has 0 bridgehead atoms. The van der Waals surface area contributed by atoms with Gasteiger partial charge in [0.05, 0.1) is 18.7 Å². The average Bonchev–Trinajstić information content (AvgIpc) is 3.05. The number of nitrogens with zero attached hydrogens (tertiary/aromatic N) is 2. The Labute approximate surface area is 114 Å². The minimum absolute atomic E-state index is 0.235. The topological polar surface area (TPSA) is 60.7 Å². The number of hydrogen-bond donors (Lipinski definition) is 0. The van der Waals surface area contributed by atoms with Crippen LogP contribution >= 0.6 is 11.3 Å². The van der Waals surface area contributed by atoms with Crippen LogP contribution in [0.15, 0.2) is 6.20 Å². The fraction of sp³-hybridized carbons (Fsp3) is 0.462. The Hall–Kier alpha value is -1.69. The van der Waals surface area contributed by atoms with E-state index in [4.69, 9.17) is 4.74 Å². The third kappa shape index (κ3) is 2.28. The Morgan fingerprint density at radius 2 is 2.42 bits per heavy atom. The van der Waals surface area contributed by atoms with Gasteiger partial charge in [0.1, 0.15) is 5.69 Å². The molecule has 1 fully saturated rings. The lowest BCUT2D eigenvalue weighted by Crippen LogP contribution is -2.06. The zero-order chi connectivity index (χ0) is 13.4. The van der Waals surface area contributed by atoms with E-state index >= 15 is 0 Å². The van der Waals surface area contributed by atoms with Crippen molar-refractivity contribution in [2.24, 2.45) is 0 Å². The van der Waals surface area contributed by atoms with Crippen LogP contribution in [0.25, 0.3) is 4.96 Å². The van der Waals surface area contributed by atoms with Crippen molar-refractivity contribution in [3.8, 4) is 0 Å². The molecule has 2 heterocycles. The summed E-state index contributed by atoms with van der Waals surface area (Å²) in [4.78, 5) is 28.8. The predicted octanol–water partition coefficient (Wildman–Crippen LogP) is 2.19. The van der Waals surface area contributed by atoms with E-state index in [1.165, 1.54) is 11.3 Å². The van der Waals surface area contributed by atoms with E-state index in [-0.39, 0.29) is 12.4 Å². The van der Waals surface area contributed by atoms with E-state index in [0.717, 1.165) is 34.7 Å². The van der Waals surface area contributed by atoms with Crippen molar-refractivity contribution in [2.45, 2.75) is 32.1 Å². The Kier molecular flexibility index (Phi) is 3.10. The van der Waals surface area contributed by atoms with Crippen LogP contribution in [-0.2, 0) is 16.0 Å². The Morgan fingerprint density at radius 3 is 3.05 bits per heavy atom. The number of esters is 1. The van der Waals surface area contributed by atoms with Gasteiger partial charge >= 0.3 is 5.97 Å². The van der Waals surface area contributed by atoms with Crippen molar-refractivity contribution >= 4 is 28.6 Å². The number of carbonyl (C=O) groups excluding carboxylic acids is 2. The van der Waals surface area contributed by atoms with Gasteiger partial charge in [-0.15, -0.1) is 11.3 Å². The maximum atomic E-state index is 11.4. The molecule has 19 heavy (non-hydrogen) atoms. The Morgan fingerprint density at radius 1 is 1.63 bits per heavy atom. The molecule has 3 rings (SSSR count). The summed E-state index contributed by atoms with van der Waals surface area (Å²) >= 11 is 1.44. The second-order valence-corrected chi connectivity index (χ2v) is 5.70. The summed E-state index contributed by atoms with van der Waals surface area (Å²) in [5.41, 5.74) is 1.53. The van der Waals surface area contributed by atoms with Gasteiger partial charge in [0, 0.05) is 17.0 Å². The number of rotatable bonds is 5. The maximum absolute atomic E-state index is 11.4. The third-order valence-corrected chi connectivity index (χ3v) is 4.12. The average molecular weight is 278 g/mol. The van der Waals surface area contributed by atoms with Crippen LogP contribution in [0.4, 0.5) is 0 Å². The molecule has 100 valence electrons. The summed E-state index contributed by atoms with van der Waals surface area (Å²) in [7, 11) is 0. The van der Waals surface area contributed by atoms with E-state index in [9.17, 15) is 9.59 Å². The SMILES string of the molecule is CCOC(=O)Cc1cn2c(C=O)c(C3CC3)nc2s1. The van der Waals surface area contributed by atoms with Gasteiger partial charge in [-0.3, -0.25) is 14.0 Å². The first kappa shape index (κ1) is 12.3. The smallest absolute Gasteiger partial charge is 0.311 e. The van der Waals surface area contributed by atoms with Gasteiger partial charge in [-0.1, -0.05) is 0 Å². The molecule has 0 N–H and O–H groups in total. The molecular formula is C13H14N2O3S. The molecule has 2 aromatic rings. The first-order valence-electron chi connectivity index (χ1n) is 6.34. The number of aldehydes is 1. The van der Waals surface area contributed by atoms with Crippen molar-refractivity contribution in [1.82, 2.24) is 9.38 Å². The molecular weight excluding hydrogens is 264 g/mol. The zero-order valence-electron chi connectivity index (χ0n) is 10.6. The van der Waals surface area contributed by atoms with Crippen molar-refractivity contribution < 1.29 is 14.3 Å². The van der Waals surface area contributed by atoms with Crippen LogP contribution in [0.2, 0.25) is 0 Å². The largest absolute Gasteiger partial charge is 0.466 e. The number of thiazole rings is 1. The molecule has 0 aromatic carbocycles. The lowest BCUT2D eigenvalue weighted by Gasteiger charge is -1.98. The Bertz CT molecular complexity index is 640. The van der Waals surface area contributed by atoms with Crippen LogP contribution < -0.4 is 0 Å². The molecule has 0 saturated heterocycles. The summed E-state index contributed by atoms with van der Waals surface area (Å²) in [5, 5.41) is 0. The number of hydrogen-bond acceptors (Lipinski definition) is 5. The first-order chi connectivity index (χ1) is 9.22. The van der Waals surface area contributed by atoms with Crippen LogP contribution in [0.3, 0.4) is 0 Å². The van der Waals surface area contributed by atoms with Crippen molar-refractivity contribution in [2.75, 3.05) is 6.61 Å². The van der Waals surface area contributed by atoms with E-state index in [0.29, 0.717) is 18.2 Å². The summed E-state index contributed by atoms with van der Waals surface area (Å²) in [6.07, 6.45) is 5.13. The highest BCUT2D eigenvalue weighted by Crippen LogP contribution is 2.41. The van der Waals surface area contributed by atoms with Gasteiger partial charge in [-0.25, -0.2) is 4.98 Å². The van der Waals surface area contributed by atoms with E-state index in [2.05, 4.69) is 4.98 Å². The highest BCUT2D eigenvalue weighted by molar-refractivity contribution is 7.17. The molecule has 1 aliphatic carbocycles. The second-order valence-electron chi connectivity index (χ2n) is 4.61. The number of ether oxygens (including phenoxy) is 1. The molecule has 0 atom stereocenters. The number of carbonyl (C=O) groups is 2.